The number of nitrogens with zero attached hydrogens (tertiary/aromatic N) is 2. The number of fused-ring (bicyclic) bond motifs is 7. The third-order valence-corrected chi connectivity index (χ3v) is 18.7. The molecular weight excluding hydrogens is 723 g/mol. The van der Waals surface area contributed by atoms with E-state index in [-0.39, 0.29) is 57.0 Å². The number of hydrogen-bond donors (Lipinski definition) is 2. The van der Waals surface area contributed by atoms with Crippen LogP contribution in [0.3, 0.4) is 0 Å². The van der Waals surface area contributed by atoms with Crippen LogP contribution in [0.4, 0.5) is 5.69 Å². The molecule has 1 aliphatic heterocycles. The topological polar surface area (TPSA) is 107 Å². The van der Waals surface area contributed by atoms with Crippen LogP contribution >= 0.6 is 0 Å². The maximum atomic E-state index is 14.1. The Morgan fingerprint density at radius 1 is 0.862 bits per heavy atom. The predicted molar refractivity (Wildman–Crippen MR) is 229 cm³/mol. The lowest BCUT2D eigenvalue weighted by Gasteiger charge is -2.69. The molecule has 0 aromatic heterocycles. The summed E-state index contributed by atoms with van der Waals surface area (Å²) in [5, 5.41) is 12.8. The molecule has 1 saturated heterocycles. The van der Waals surface area contributed by atoms with E-state index in [1.807, 2.05) is 6.92 Å². The largest absolute Gasteiger partial charge is 0.481 e. The molecule has 1 aromatic carbocycles. The highest BCUT2D eigenvalue weighted by Gasteiger charge is 2.66. The van der Waals surface area contributed by atoms with Crippen molar-refractivity contribution < 1.29 is 24.3 Å². The van der Waals surface area contributed by atoms with Crippen molar-refractivity contribution >= 4 is 29.1 Å². The molecule has 7 aliphatic rings. The second kappa shape index (κ2) is 15.2. The molecule has 8 rings (SSSR count). The normalized spacial score (nSPS) is 39.6. The van der Waals surface area contributed by atoms with Crippen LogP contribution in [0, 0.1) is 74.9 Å². The number of Topliss-reactive ketones (excluding diaryl/α,β-unsaturated/α-hetero) is 2. The van der Waals surface area contributed by atoms with Gasteiger partial charge in [-0.2, -0.15) is 0 Å². The SMILES string of the molecule is CC(C)C1=C2C3CCC4C(C)(CCC5C(C)(C)C(CC(=O)C6CC(C(=O)O)C6C)CCC54C)C3CCC2(CC(=O)NCc2ccc(N3CCN(C)CC3)cc2)CC1=O. The zero-order valence-corrected chi connectivity index (χ0v) is 37.0. The van der Waals surface area contributed by atoms with Crippen LogP contribution in [-0.2, 0) is 25.7 Å². The highest BCUT2D eigenvalue weighted by Crippen LogP contribution is 2.74. The molecule has 1 amide bonds. The van der Waals surface area contributed by atoms with E-state index < -0.39 is 5.97 Å². The fraction of sp³-hybridized carbons (Fsp3) is 0.760. The lowest BCUT2D eigenvalue weighted by molar-refractivity contribution is -0.193. The molecule has 58 heavy (non-hydrogen) atoms. The van der Waals surface area contributed by atoms with Crippen molar-refractivity contribution in [3.8, 4) is 0 Å². The van der Waals surface area contributed by atoms with Crippen LogP contribution in [0.25, 0.3) is 0 Å². The average molecular weight is 796 g/mol. The molecular formula is C50H73N3O5. The Bertz CT molecular complexity index is 1830. The van der Waals surface area contributed by atoms with Gasteiger partial charge in [-0.1, -0.05) is 66.2 Å². The minimum absolute atomic E-state index is 0.0347. The molecule has 11 atom stereocenters. The number of amides is 1. The predicted octanol–water partition coefficient (Wildman–Crippen LogP) is 8.97. The van der Waals surface area contributed by atoms with Gasteiger partial charge in [0.2, 0.25) is 5.91 Å². The van der Waals surface area contributed by atoms with E-state index in [4.69, 9.17) is 0 Å². The number of ketones is 2. The monoisotopic (exact) mass is 796 g/mol. The summed E-state index contributed by atoms with van der Waals surface area (Å²) in [6.45, 7) is 21.1. The van der Waals surface area contributed by atoms with Crippen LogP contribution in [0.2, 0.25) is 0 Å². The number of carboxylic acid groups (broad SMARTS) is 1. The molecule has 0 radical (unpaired) electrons. The number of allylic oxidation sites excluding steroid dienone is 2. The maximum absolute atomic E-state index is 14.1. The Balaban J connectivity index is 0.960. The minimum Gasteiger partial charge on any atom is -0.481 e. The second-order valence-electron chi connectivity index (χ2n) is 22.1. The standard InChI is InChI=1S/C50H73N3O5/c1-30(2)44-40(55)27-50(28-43(56)51-29-32-9-11-34(12-10-32)53-23-21-52(8)22-24-53)20-16-38-35(45(44)50)13-14-42-48(38,6)19-17-41-47(4,5)33(15-18-49(41,42)7)25-39(54)36-26-37(31(36)3)46(57)58/h9-12,30-31,33,35-38,41-42H,13-29H2,1-8H3,(H,51,56)(H,57,58). The van der Waals surface area contributed by atoms with E-state index in [1.165, 1.54) is 24.1 Å². The van der Waals surface area contributed by atoms with Gasteiger partial charge >= 0.3 is 5.97 Å². The summed E-state index contributed by atoms with van der Waals surface area (Å²) in [6.07, 6.45) is 10.8. The number of likely N-dealkylation sites (N-methyl/N-ethyl adjacent to an activating group) is 1. The van der Waals surface area contributed by atoms with Gasteiger partial charge in [0, 0.05) is 69.0 Å². The number of benzene rings is 1. The summed E-state index contributed by atoms with van der Waals surface area (Å²) in [7, 11) is 2.17. The van der Waals surface area contributed by atoms with Crippen molar-refractivity contribution in [3.63, 3.8) is 0 Å². The molecule has 8 nitrogen and oxygen atoms in total. The van der Waals surface area contributed by atoms with E-state index in [0.717, 1.165) is 75.8 Å². The van der Waals surface area contributed by atoms with Gasteiger partial charge in [-0.3, -0.25) is 19.2 Å². The first-order valence-electron chi connectivity index (χ1n) is 23.2. The zero-order chi connectivity index (χ0) is 41.5. The number of piperazine rings is 1. The molecule has 6 aliphatic carbocycles. The summed E-state index contributed by atoms with van der Waals surface area (Å²) < 4.78 is 0. The molecule has 318 valence electrons. The highest BCUT2D eigenvalue weighted by atomic mass is 16.4. The fourth-order valence-electron chi connectivity index (χ4n) is 15.5. The van der Waals surface area contributed by atoms with Gasteiger partial charge in [-0.15, -0.1) is 0 Å². The number of carbonyl (C=O) groups excluding carboxylic acids is 3. The number of rotatable bonds is 10. The molecule has 8 heteroatoms. The Hall–Kier alpha value is -3.00. The Labute approximate surface area is 348 Å². The number of aliphatic carboxylic acids is 1. The van der Waals surface area contributed by atoms with Crippen LogP contribution in [-0.4, -0.2) is 66.7 Å². The Kier molecular flexibility index (Phi) is 10.9. The highest BCUT2D eigenvalue weighted by molar-refractivity contribution is 6.01. The quantitative estimate of drug-likeness (QED) is 0.244. The van der Waals surface area contributed by atoms with Gasteiger partial charge in [0.05, 0.1) is 5.92 Å². The van der Waals surface area contributed by atoms with Crippen molar-refractivity contribution in [2.24, 2.45) is 74.9 Å². The van der Waals surface area contributed by atoms with Crippen LogP contribution in [0.5, 0.6) is 0 Å². The van der Waals surface area contributed by atoms with Crippen molar-refractivity contribution in [1.82, 2.24) is 10.2 Å². The average Bonchev–Trinajstić information content (AvgIpc) is 3.46. The van der Waals surface area contributed by atoms with Crippen molar-refractivity contribution in [2.45, 2.75) is 132 Å². The van der Waals surface area contributed by atoms with Gasteiger partial charge in [-0.25, -0.2) is 0 Å². The van der Waals surface area contributed by atoms with E-state index in [0.29, 0.717) is 67.6 Å². The van der Waals surface area contributed by atoms with Gasteiger partial charge in [0.15, 0.2) is 5.78 Å². The third kappa shape index (κ3) is 6.82. The molecule has 2 N–H and O–H groups in total. The molecule has 1 heterocycles. The van der Waals surface area contributed by atoms with Crippen LogP contribution in [0.1, 0.15) is 131 Å². The number of anilines is 1. The molecule has 6 fully saturated rings. The molecule has 11 unspecified atom stereocenters. The molecule has 1 aromatic rings. The molecule has 0 spiro atoms. The smallest absolute Gasteiger partial charge is 0.306 e. The third-order valence-electron chi connectivity index (χ3n) is 18.7. The lowest BCUT2D eigenvalue weighted by Crippen LogP contribution is -2.62. The van der Waals surface area contributed by atoms with Crippen LogP contribution in [0.15, 0.2) is 35.4 Å². The summed E-state index contributed by atoms with van der Waals surface area (Å²) in [5.41, 5.74) is 4.80. The number of nitrogens with one attached hydrogen (secondary N) is 1. The summed E-state index contributed by atoms with van der Waals surface area (Å²) >= 11 is 0. The van der Waals surface area contributed by atoms with Gasteiger partial charge < -0.3 is 20.2 Å². The molecule has 5 saturated carbocycles. The Morgan fingerprint density at radius 2 is 1.55 bits per heavy atom. The first kappa shape index (κ1) is 41.7. The summed E-state index contributed by atoms with van der Waals surface area (Å²) in [5.74, 6) is 1.84. The van der Waals surface area contributed by atoms with E-state index >= 15 is 0 Å². The number of carbonyl (C=O) groups is 4. The van der Waals surface area contributed by atoms with E-state index in [1.54, 1.807) is 0 Å². The first-order chi connectivity index (χ1) is 27.4. The number of carboxylic acids is 1. The fourth-order valence-corrected chi connectivity index (χ4v) is 15.5. The van der Waals surface area contributed by atoms with Gasteiger partial charge in [0.25, 0.3) is 0 Å². The number of hydrogen-bond acceptors (Lipinski definition) is 6. The summed E-state index contributed by atoms with van der Waals surface area (Å²) in [6, 6.07) is 8.67. The first-order valence-corrected chi connectivity index (χ1v) is 23.2. The van der Waals surface area contributed by atoms with Crippen molar-refractivity contribution in [3.05, 3.63) is 41.0 Å². The second-order valence-corrected chi connectivity index (χ2v) is 22.1. The van der Waals surface area contributed by atoms with Crippen LogP contribution < -0.4 is 10.2 Å². The van der Waals surface area contributed by atoms with Crippen molar-refractivity contribution in [1.29, 1.82) is 0 Å². The van der Waals surface area contributed by atoms with E-state index in [9.17, 15) is 24.3 Å². The Morgan fingerprint density at radius 3 is 2.21 bits per heavy atom. The molecule has 0 bridgehead atoms. The minimum atomic E-state index is -0.760. The van der Waals surface area contributed by atoms with E-state index in [2.05, 4.69) is 88.0 Å². The zero-order valence-electron chi connectivity index (χ0n) is 37.0. The van der Waals surface area contributed by atoms with Gasteiger partial charge in [-0.05, 0) is 146 Å². The summed E-state index contributed by atoms with van der Waals surface area (Å²) in [4.78, 5) is 58.1. The lowest BCUT2D eigenvalue weighted by atomic mass is 9.35. The van der Waals surface area contributed by atoms with Crippen molar-refractivity contribution in [2.75, 3.05) is 38.1 Å². The van der Waals surface area contributed by atoms with Gasteiger partial charge in [0.1, 0.15) is 5.78 Å². The maximum Gasteiger partial charge on any atom is 0.306 e.